The number of aromatic nitrogens is 1. The summed E-state index contributed by atoms with van der Waals surface area (Å²) in [4.78, 5) is 5.08. The summed E-state index contributed by atoms with van der Waals surface area (Å²) < 4.78 is 0. The number of nitrogens with one attached hydrogen (secondary N) is 1. The number of halogens is 2. The van der Waals surface area contributed by atoms with Crippen molar-refractivity contribution in [1.29, 1.82) is 0 Å². The molecule has 2 heterocycles. The average molecular weight is 288 g/mol. The van der Waals surface area contributed by atoms with E-state index in [1.54, 1.807) is 17.4 Å². The lowest BCUT2D eigenvalue weighted by molar-refractivity contribution is 1.16. The summed E-state index contributed by atoms with van der Waals surface area (Å²) in [5.41, 5.74) is 8.35. The van der Waals surface area contributed by atoms with E-state index >= 15 is 0 Å². The predicted molar refractivity (Wildman–Crippen MR) is 75.1 cm³/mol. The Morgan fingerprint density at radius 1 is 1.47 bits per heavy atom. The molecule has 6 heteroatoms. The summed E-state index contributed by atoms with van der Waals surface area (Å²) in [5.74, 6) is 0. The second kappa shape index (κ2) is 5.12. The fraction of sp³-hybridized carbons (Fsp3) is 0.182. The van der Waals surface area contributed by atoms with Gasteiger partial charge in [0.25, 0.3) is 0 Å². The summed E-state index contributed by atoms with van der Waals surface area (Å²) >= 11 is 13.4. The van der Waals surface area contributed by atoms with Crippen LogP contribution in [0.25, 0.3) is 0 Å². The average Bonchev–Trinajstić information content (AvgIpc) is 2.62. The molecule has 90 valence electrons. The van der Waals surface area contributed by atoms with Crippen LogP contribution in [0.5, 0.6) is 0 Å². The van der Waals surface area contributed by atoms with Gasteiger partial charge in [0.15, 0.2) is 5.15 Å². The number of hydrogen-bond donors (Lipinski definition) is 2. The van der Waals surface area contributed by atoms with Crippen LogP contribution < -0.4 is 11.1 Å². The quantitative estimate of drug-likeness (QED) is 0.841. The number of pyridine rings is 1. The van der Waals surface area contributed by atoms with Gasteiger partial charge in [-0.1, -0.05) is 23.2 Å². The number of hydrogen-bond acceptors (Lipinski definition) is 4. The number of aryl methyl sites for hydroxylation is 1. The molecule has 0 fully saturated rings. The Kier molecular flexibility index (Phi) is 3.76. The second-order valence-corrected chi connectivity index (χ2v) is 5.33. The maximum atomic E-state index is 6.03. The first-order chi connectivity index (χ1) is 8.08. The zero-order valence-corrected chi connectivity index (χ0v) is 11.5. The van der Waals surface area contributed by atoms with Crippen LogP contribution in [0.3, 0.4) is 0 Å². The van der Waals surface area contributed by atoms with E-state index in [9.17, 15) is 0 Å². The molecule has 0 radical (unpaired) electrons. The zero-order valence-electron chi connectivity index (χ0n) is 9.13. The first-order valence-electron chi connectivity index (χ1n) is 4.96. The molecule has 17 heavy (non-hydrogen) atoms. The Labute approximate surface area is 114 Å². The highest BCUT2D eigenvalue weighted by molar-refractivity contribution is 7.10. The van der Waals surface area contributed by atoms with Gasteiger partial charge in [0.2, 0.25) is 0 Å². The van der Waals surface area contributed by atoms with Crippen LogP contribution >= 0.6 is 34.5 Å². The molecule has 3 N–H and O–H groups in total. The van der Waals surface area contributed by atoms with E-state index < -0.39 is 0 Å². The van der Waals surface area contributed by atoms with Crippen molar-refractivity contribution < 1.29 is 0 Å². The third kappa shape index (κ3) is 2.83. The molecule has 2 rings (SSSR count). The SMILES string of the molecule is Cc1cc(Cl)nc(Cl)c1NCc1sccc1N. The molecule has 0 aliphatic carbocycles. The first-order valence-corrected chi connectivity index (χ1v) is 6.60. The minimum atomic E-state index is 0.380. The Bertz CT molecular complexity index is 516. The summed E-state index contributed by atoms with van der Waals surface area (Å²) in [6.45, 7) is 2.56. The van der Waals surface area contributed by atoms with Crippen molar-refractivity contribution in [2.45, 2.75) is 13.5 Å². The van der Waals surface area contributed by atoms with E-state index in [4.69, 9.17) is 28.9 Å². The van der Waals surface area contributed by atoms with Gasteiger partial charge in [0.1, 0.15) is 5.15 Å². The number of nitrogens with two attached hydrogens (primary N) is 1. The molecule has 0 spiro atoms. The van der Waals surface area contributed by atoms with Crippen molar-refractivity contribution in [3.63, 3.8) is 0 Å². The highest BCUT2D eigenvalue weighted by Crippen LogP contribution is 2.28. The zero-order chi connectivity index (χ0) is 12.4. The van der Waals surface area contributed by atoms with Gasteiger partial charge in [0, 0.05) is 10.6 Å². The van der Waals surface area contributed by atoms with E-state index in [1.807, 2.05) is 18.4 Å². The molecule has 0 unspecified atom stereocenters. The van der Waals surface area contributed by atoms with E-state index in [-0.39, 0.29) is 0 Å². The van der Waals surface area contributed by atoms with Gasteiger partial charge < -0.3 is 11.1 Å². The van der Waals surface area contributed by atoms with Gasteiger partial charge in [-0.05, 0) is 30.0 Å². The smallest absolute Gasteiger partial charge is 0.154 e. The maximum absolute atomic E-state index is 6.03. The summed E-state index contributed by atoms with van der Waals surface area (Å²) in [7, 11) is 0. The van der Waals surface area contributed by atoms with Crippen LogP contribution in [0.1, 0.15) is 10.4 Å². The van der Waals surface area contributed by atoms with Crippen LogP contribution in [-0.2, 0) is 6.54 Å². The molecule has 2 aromatic rings. The van der Waals surface area contributed by atoms with Crippen LogP contribution in [0.4, 0.5) is 11.4 Å². The van der Waals surface area contributed by atoms with Crippen molar-refractivity contribution >= 4 is 45.9 Å². The molecule has 0 saturated heterocycles. The van der Waals surface area contributed by atoms with E-state index in [0.29, 0.717) is 16.9 Å². The number of thiophene rings is 1. The Balaban J connectivity index is 2.17. The fourth-order valence-electron chi connectivity index (χ4n) is 1.47. The van der Waals surface area contributed by atoms with Crippen LogP contribution in [0, 0.1) is 6.92 Å². The van der Waals surface area contributed by atoms with E-state index in [1.165, 1.54) is 0 Å². The van der Waals surface area contributed by atoms with Gasteiger partial charge in [-0.3, -0.25) is 0 Å². The van der Waals surface area contributed by atoms with Crippen LogP contribution in [0.2, 0.25) is 10.3 Å². The molecule has 0 bridgehead atoms. The minimum absolute atomic E-state index is 0.380. The van der Waals surface area contributed by atoms with Crippen LogP contribution in [0.15, 0.2) is 17.5 Å². The molecule has 2 aromatic heterocycles. The highest BCUT2D eigenvalue weighted by atomic mass is 35.5. The third-order valence-corrected chi connectivity index (χ3v) is 3.75. The van der Waals surface area contributed by atoms with Crippen molar-refractivity contribution in [3.8, 4) is 0 Å². The molecule has 0 saturated carbocycles. The normalized spacial score (nSPS) is 10.5. The lowest BCUT2D eigenvalue weighted by Crippen LogP contribution is -2.03. The molecule has 0 aliphatic rings. The van der Waals surface area contributed by atoms with Crippen molar-refractivity contribution in [1.82, 2.24) is 4.98 Å². The monoisotopic (exact) mass is 287 g/mol. The number of nitrogens with zero attached hydrogens (tertiary/aromatic N) is 1. The standard InChI is InChI=1S/C11H11Cl2N3S/c1-6-4-9(12)16-11(13)10(6)15-5-8-7(14)2-3-17-8/h2-4,15H,5,14H2,1H3. The Morgan fingerprint density at radius 3 is 2.82 bits per heavy atom. The van der Waals surface area contributed by atoms with Gasteiger partial charge in [-0.15, -0.1) is 11.3 Å². The van der Waals surface area contributed by atoms with Gasteiger partial charge in [-0.25, -0.2) is 4.98 Å². The van der Waals surface area contributed by atoms with Crippen molar-refractivity contribution in [2.24, 2.45) is 0 Å². The summed E-state index contributed by atoms with van der Waals surface area (Å²) in [6, 6.07) is 3.66. The topological polar surface area (TPSA) is 50.9 Å². The second-order valence-electron chi connectivity index (χ2n) is 3.58. The fourth-order valence-corrected chi connectivity index (χ4v) is 2.81. The molecular formula is C11H11Cl2N3S. The van der Waals surface area contributed by atoms with E-state index in [0.717, 1.165) is 21.8 Å². The number of nitrogen functional groups attached to an aromatic ring is 1. The number of anilines is 2. The molecule has 3 nitrogen and oxygen atoms in total. The third-order valence-electron chi connectivity index (χ3n) is 2.35. The van der Waals surface area contributed by atoms with Gasteiger partial charge in [-0.2, -0.15) is 0 Å². The Morgan fingerprint density at radius 2 is 2.24 bits per heavy atom. The maximum Gasteiger partial charge on any atom is 0.154 e. The lowest BCUT2D eigenvalue weighted by Gasteiger charge is -2.10. The molecular weight excluding hydrogens is 277 g/mol. The molecule has 0 aromatic carbocycles. The highest BCUT2D eigenvalue weighted by Gasteiger charge is 2.08. The van der Waals surface area contributed by atoms with Gasteiger partial charge >= 0.3 is 0 Å². The van der Waals surface area contributed by atoms with Crippen molar-refractivity contribution in [3.05, 3.63) is 38.3 Å². The minimum Gasteiger partial charge on any atom is -0.398 e. The molecule has 0 atom stereocenters. The van der Waals surface area contributed by atoms with Crippen molar-refractivity contribution in [2.75, 3.05) is 11.1 Å². The van der Waals surface area contributed by atoms with E-state index in [2.05, 4.69) is 10.3 Å². The Hall–Kier alpha value is -0.970. The number of rotatable bonds is 3. The molecule has 0 amide bonds. The first kappa shape index (κ1) is 12.5. The van der Waals surface area contributed by atoms with Gasteiger partial charge in [0.05, 0.1) is 12.2 Å². The summed E-state index contributed by atoms with van der Waals surface area (Å²) in [5, 5.41) is 5.96. The van der Waals surface area contributed by atoms with Crippen LogP contribution in [-0.4, -0.2) is 4.98 Å². The summed E-state index contributed by atoms with van der Waals surface area (Å²) in [6.07, 6.45) is 0. The largest absolute Gasteiger partial charge is 0.398 e. The lowest BCUT2D eigenvalue weighted by atomic mass is 10.2. The molecule has 0 aliphatic heterocycles. The predicted octanol–water partition coefficient (Wildman–Crippen LogP) is 3.95.